The van der Waals surface area contributed by atoms with E-state index in [9.17, 15) is 4.79 Å². The van der Waals surface area contributed by atoms with Gasteiger partial charge >= 0.3 is 5.97 Å². The van der Waals surface area contributed by atoms with Crippen LogP contribution in [0.5, 0.6) is 0 Å². The van der Waals surface area contributed by atoms with Crippen molar-refractivity contribution in [3.8, 4) is 0 Å². The summed E-state index contributed by atoms with van der Waals surface area (Å²) in [5.41, 5.74) is 0. The molecule has 0 spiro atoms. The van der Waals surface area contributed by atoms with Crippen LogP contribution in [-0.2, 0) is 14.3 Å². The molecule has 0 aromatic carbocycles. The third-order valence-electron chi connectivity index (χ3n) is 2.66. The van der Waals surface area contributed by atoms with Crippen molar-refractivity contribution in [2.24, 2.45) is 5.92 Å². The van der Waals surface area contributed by atoms with Crippen LogP contribution in [0.3, 0.4) is 0 Å². The van der Waals surface area contributed by atoms with Gasteiger partial charge in [-0.05, 0) is 20.8 Å². The third-order valence-corrected chi connectivity index (χ3v) is 3.36. The molecule has 0 bridgehead atoms. The standard InChI is InChI=1S/C10H16Cl2O3/c1-6(13)15-8-10(4,12)7(5-14-8)9(2,3)11/h7-8H,5H2,1-4H3/t7-,8-,10+/m0/s1. The van der Waals surface area contributed by atoms with E-state index in [0.717, 1.165) is 0 Å². The van der Waals surface area contributed by atoms with Crippen LogP contribution in [-0.4, -0.2) is 28.6 Å². The molecule has 1 saturated heterocycles. The Balaban J connectivity index is 2.80. The number of halogens is 2. The zero-order valence-electron chi connectivity index (χ0n) is 9.34. The highest BCUT2D eigenvalue weighted by atomic mass is 35.5. The summed E-state index contributed by atoms with van der Waals surface area (Å²) in [5.74, 6) is -0.474. The minimum absolute atomic E-state index is 0.0716. The summed E-state index contributed by atoms with van der Waals surface area (Å²) in [6, 6.07) is 0. The van der Waals surface area contributed by atoms with E-state index < -0.39 is 22.0 Å². The zero-order chi connectivity index (χ0) is 11.9. The van der Waals surface area contributed by atoms with Gasteiger partial charge in [-0.3, -0.25) is 4.79 Å². The van der Waals surface area contributed by atoms with Crippen molar-refractivity contribution in [1.82, 2.24) is 0 Å². The molecule has 0 aliphatic carbocycles. The average molecular weight is 255 g/mol. The summed E-state index contributed by atoms with van der Waals surface area (Å²) >= 11 is 12.6. The van der Waals surface area contributed by atoms with Gasteiger partial charge in [-0.25, -0.2) is 0 Å². The second kappa shape index (κ2) is 4.11. The fourth-order valence-corrected chi connectivity index (χ4v) is 2.63. The number of ether oxygens (including phenoxy) is 2. The lowest BCUT2D eigenvalue weighted by Crippen LogP contribution is -2.44. The number of esters is 1. The molecule has 1 fully saturated rings. The van der Waals surface area contributed by atoms with E-state index in [4.69, 9.17) is 32.7 Å². The Bertz CT molecular complexity index is 258. The molecule has 88 valence electrons. The van der Waals surface area contributed by atoms with E-state index in [2.05, 4.69) is 0 Å². The first kappa shape index (κ1) is 13.1. The van der Waals surface area contributed by atoms with Crippen molar-refractivity contribution in [3.05, 3.63) is 0 Å². The average Bonchev–Trinajstić information content (AvgIpc) is 2.24. The summed E-state index contributed by atoms with van der Waals surface area (Å²) in [5, 5.41) is 0. The smallest absolute Gasteiger partial charge is 0.304 e. The normalized spacial score (nSPS) is 36.7. The number of hydrogen-bond acceptors (Lipinski definition) is 3. The minimum Gasteiger partial charge on any atom is -0.434 e. The zero-order valence-corrected chi connectivity index (χ0v) is 10.9. The fourth-order valence-electron chi connectivity index (χ4n) is 1.84. The Labute approximate surface area is 100 Å². The van der Waals surface area contributed by atoms with Crippen LogP contribution in [0.2, 0.25) is 0 Å². The largest absolute Gasteiger partial charge is 0.434 e. The van der Waals surface area contributed by atoms with Crippen molar-refractivity contribution in [2.75, 3.05) is 6.61 Å². The van der Waals surface area contributed by atoms with Crippen molar-refractivity contribution < 1.29 is 14.3 Å². The summed E-state index contributed by atoms with van der Waals surface area (Å²) < 4.78 is 10.4. The van der Waals surface area contributed by atoms with Crippen molar-refractivity contribution >= 4 is 29.2 Å². The van der Waals surface area contributed by atoms with Crippen LogP contribution < -0.4 is 0 Å². The van der Waals surface area contributed by atoms with Gasteiger partial charge in [0.2, 0.25) is 6.29 Å². The summed E-state index contributed by atoms with van der Waals surface area (Å²) in [6.45, 7) is 7.26. The molecule has 3 nitrogen and oxygen atoms in total. The van der Waals surface area contributed by atoms with Crippen LogP contribution in [0, 0.1) is 5.92 Å². The lowest BCUT2D eigenvalue weighted by molar-refractivity contribution is -0.170. The molecule has 0 radical (unpaired) electrons. The second-order valence-electron chi connectivity index (χ2n) is 4.54. The molecule has 0 aromatic heterocycles. The molecule has 0 unspecified atom stereocenters. The lowest BCUT2D eigenvalue weighted by Gasteiger charge is -2.33. The first-order chi connectivity index (χ1) is 6.65. The van der Waals surface area contributed by atoms with E-state index >= 15 is 0 Å². The Morgan fingerprint density at radius 2 is 2.13 bits per heavy atom. The molecular formula is C10H16Cl2O3. The Morgan fingerprint density at radius 3 is 2.47 bits per heavy atom. The van der Waals surface area contributed by atoms with Gasteiger partial charge in [0, 0.05) is 17.7 Å². The summed E-state index contributed by atoms with van der Waals surface area (Å²) in [7, 11) is 0. The highest BCUT2D eigenvalue weighted by molar-refractivity contribution is 6.27. The predicted octanol–water partition coefficient (Wildman–Crippen LogP) is 2.54. The molecule has 1 rings (SSSR count). The molecule has 0 N–H and O–H groups in total. The molecule has 1 aliphatic rings. The Kier molecular flexibility index (Phi) is 3.59. The first-order valence-electron chi connectivity index (χ1n) is 4.82. The Morgan fingerprint density at radius 1 is 1.60 bits per heavy atom. The molecule has 3 atom stereocenters. The van der Waals surface area contributed by atoms with Crippen molar-refractivity contribution in [3.63, 3.8) is 0 Å². The SMILES string of the molecule is CC(=O)O[C@@H]1OC[C@@H](C(C)(C)Cl)[C@@]1(C)Cl. The molecule has 15 heavy (non-hydrogen) atoms. The van der Waals surface area contributed by atoms with Gasteiger partial charge in [0.15, 0.2) is 0 Å². The first-order valence-corrected chi connectivity index (χ1v) is 5.58. The Hall–Kier alpha value is 0.01000. The number of rotatable bonds is 2. The van der Waals surface area contributed by atoms with Gasteiger partial charge in [-0.1, -0.05) is 0 Å². The lowest BCUT2D eigenvalue weighted by atomic mass is 9.85. The van der Waals surface area contributed by atoms with E-state index in [0.29, 0.717) is 6.61 Å². The minimum atomic E-state index is -0.781. The maximum Gasteiger partial charge on any atom is 0.304 e. The maximum absolute atomic E-state index is 10.9. The monoisotopic (exact) mass is 254 g/mol. The molecular weight excluding hydrogens is 239 g/mol. The highest BCUT2D eigenvalue weighted by Crippen LogP contribution is 2.45. The highest BCUT2D eigenvalue weighted by Gasteiger charge is 2.54. The third kappa shape index (κ3) is 2.77. The molecule has 1 heterocycles. The van der Waals surface area contributed by atoms with Crippen LogP contribution in [0.1, 0.15) is 27.7 Å². The summed E-state index contributed by atoms with van der Waals surface area (Å²) in [4.78, 5) is 9.57. The number of hydrogen-bond donors (Lipinski definition) is 0. The van der Waals surface area contributed by atoms with E-state index in [1.807, 2.05) is 13.8 Å². The van der Waals surface area contributed by atoms with Gasteiger partial charge in [0.05, 0.1) is 6.61 Å². The molecule has 0 saturated carbocycles. The quantitative estimate of drug-likeness (QED) is 0.562. The van der Waals surface area contributed by atoms with E-state index in [1.165, 1.54) is 6.92 Å². The topological polar surface area (TPSA) is 35.5 Å². The fraction of sp³-hybridized carbons (Fsp3) is 0.900. The van der Waals surface area contributed by atoms with Gasteiger partial charge in [0.25, 0.3) is 0 Å². The number of carbonyl (C=O) groups excluding carboxylic acids is 1. The van der Waals surface area contributed by atoms with E-state index in [-0.39, 0.29) is 5.92 Å². The van der Waals surface area contributed by atoms with Crippen molar-refractivity contribution in [1.29, 1.82) is 0 Å². The number of carbonyl (C=O) groups is 1. The molecule has 5 heteroatoms. The number of alkyl halides is 2. The molecule has 1 aliphatic heterocycles. The van der Waals surface area contributed by atoms with Crippen LogP contribution in [0.15, 0.2) is 0 Å². The maximum atomic E-state index is 10.9. The van der Waals surface area contributed by atoms with Gasteiger partial charge in [-0.2, -0.15) is 0 Å². The van der Waals surface area contributed by atoms with E-state index in [1.54, 1.807) is 6.92 Å². The van der Waals surface area contributed by atoms with Gasteiger partial charge in [-0.15, -0.1) is 23.2 Å². The second-order valence-corrected chi connectivity index (χ2v) is 6.33. The van der Waals surface area contributed by atoms with Gasteiger partial charge < -0.3 is 9.47 Å². The van der Waals surface area contributed by atoms with Crippen LogP contribution in [0.25, 0.3) is 0 Å². The van der Waals surface area contributed by atoms with Crippen LogP contribution in [0.4, 0.5) is 0 Å². The van der Waals surface area contributed by atoms with Crippen molar-refractivity contribution in [2.45, 2.75) is 43.7 Å². The predicted molar refractivity (Wildman–Crippen MR) is 59.2 cm³/mol. The molecule has 0 amide bonds. The van der Waals surface area contributed by atoms with Crippen LogP contribution >= 0.6 is 23.2 Å². The molecule has 0 aromatic rings. The van der Waals surface area contributed by atoms with Gasteiger partial charge in [0.1, 0.15) is 4.87 Å². The summed E-state index contributed by atoms with van der Waals surface area (Å²) in [6.07, 6.45) is -0.723.